The molecule has 3 aromatic rings. The zero-order chi connectivity index (χ0) is 23.5. The number of rotatable bonds is 8. The zero-order valence-electron chi connectivity index (χ0n) is 19.1. The van der Waals surface area contributed by atoms with E-state index in [9.17, 15) is 4.79 Å². The number of likely N-dealkylation sites (N-methyl/N-ethyl adjacent to an activating group) is 1. The summed E-state index contributed by atoms with van der Waals surface area (Å²) in [5, 5.41) is 10.6. The van der Waals surface area contributed by atoms with Crippen LogP contribution >= 0.6 is 0 Å². The lowest BCUT2D eigenvalue weighted by Crippen LogP contribution is -2.48. The number of fused-ring (bicyclic) bond motifs is 1. The van der Waals surface area contributed by atoms with Crippen molar-refractivity contribution in [1.82, 2.24) is 19.7 Å². The van der Waals surface area contributed by atoms with Crippen LogP contribution in [0.5, 0.6) is 5.75 Å². The van der Waals surface area contributed by atoms with Gasteiger partial charge in [-0.25, -0.2) is 4.98 Å². The SMILES string of the molecule is C=C(OC)[C@H]1C(=O)Nc2c(C)nc(NCc3cnn(Cc4ccc(OC)cc4)c3)nc2N1C. The molecule has 0 unspecified atom stereocenters. The molecule has 10 heteroatoms. The molecule has 1 aliphatic rings. The molecule has 33 heavy (non-hydrogen) atoms. The molecule has 10 nitrogen and oxygen atoms in total. The van der Waals surface area contributed by atoms with Crippen LogP contribution in [-0.4, -0.2) is 53.0 Å². The fourth-order valence-corrected chi connectivity index (χ4v) is 3.69. The zero-order valence-corrected chi connectivity index (χ0v) is 19.1. The van der Waals surface area contributed by atoms with E-state index in [0.717, 1.165) is 16.9 Å². The second kappa shape index (κ2) is 9.19. The molecule has 2 N–H and O–H groups in total. The van der Waals surface area contributed by atoms with Crippen molar-refractivity contribution in [3.05, 3.63) is 65.8 Å². The van der Waals surface area contributed by atoms with Crippen molar-refractivity contribution in [2.24, 2.45) is 0 Å². The number of amides is 1. The monoisotopic (exact) mass is 449 g/mol. The topological polar surface area (TPSA) is 106 Å². The number of carbonyl (C=O) groups excluding carboxylic acids is 1. The molecule has 172 valence electrons. The highest BCUT2D eigenvalue weighted by molar-refractivity contribution is 6.04. The number of hydrogen-bond donors (Lipinski definition) is 2. The molecule has 0 spiro atoms. The van der Waals surface area contributed by atoms with Gasteiger partial charge in [-0.15, -0.1) is 0 Å². The predicted octanol–water partition coefficient (Wildman–Crippen LogP) is 2.57. The van der Waals surface area contributed by atoms with Crippen molar-refractivity contribution < 1.29 is 14.3 Å². The van der Waals surface area contributed by atoms with Crippen molar-refractivity contribution in [2.75, 3.05) is 36.8 Å². The predicted molar refractivity (Wildman–Crippen MR) is 125 cm³/mol. The molecule has 2 aromatic heterocycles. The molecule has 1 amide bonds. The van der Waals surface area contributed by atoms with Crippen molar-refractivity contribution >= 4 is 23.4 Å². The maximum absolute atomic E-state index is 12.5. The van der Waals surface area contributed by atoms with Crippen LogP contribution in [0.3, 0.4) is 0 Å². The van der Waals surface area contributed by atoms with Crippen LogP contribution < -0.4 is 20.3 Å². The Hall–Kier alpha value is -4.08. The van der Waals surface area contributed by atoms with E-state index in [0.29, 0.717) is 42.0 Å². The molecular formula is C23H27N7O3. The molecule has 3 heterocycles. The first kappa shape index (κ1) is 22.1. The Bertz CT molecular complexity index is 1170. The lowest BCUT2D eigenvalue weighted by atomic mass is 10.1. The summed E-state index contributed by atoms with van der Waals surface area (Å²) >= 11 is 0. The number of methoxy groups -OCH3 is 2. The number of carbonyl (C=O) groups is 1. The molecule has 0 aliphatic carbocycles. The first-order valence-corrected chi connectivity index (χ1v) is 10.4. The summed E-state index contributed by atoms with van der Waals surface area (Å²) in [5.41, 5.74) is 3.37. The van der Waals surface area contributed by atoms with Crippen molar-refractivity contribution in [2.45, 2.75) is 26.1 Å². The molecular weight excluding hydrogens is 422 g/mol. The number of aryl methyl sites for hydroxylation is 1. The van der Waals surface area contributed by atoms with E-state index in [4.69, 9.17) is 9.47 Å². The minimum absolute atomic E-state index is 0.228. The van der Waals surface area contributed by atoms with Crippen LogP contribution in [0.25, 0.3) is 0 Å². The average molecular weight is 450 g/mol. The summed E-state index contributed by atoms with van der Waals surface area (Å²) in [5.74, 6) is 2.00. The van der Waals surface area contributed by atoms with Gasteiger partial charge in [-0.2, -0.15) is 10.1 Å². The van der Waals surface area contributed by atoms with Gasteiger partial charge < -0.3 is 25.0 Å². The number of anilines is 3. The third kappa shape index (κ3) is 4.59. The van der Waals surface area contributed by atoms with Crippen LogP contribution in [-0.2, 0) is 22.6 Å². The number of hydrogen-bond acceptors (Lipinski definition) is 8. The Kier molecular flexibility index (Phi) is 6.16. The number of aromatic nitrogens is 4. The number of ether oxygens (including phenoxy) is 2. The van der Waals surface area contributed by atoms with E-state index in [1.807, 2.05) is 48.3 Å². The summed E-state index contributed by atoms with van der Waals surface area (Å²) in [7, 11) is 4.93. The normalized spacial score (nSPS) is 15.0. The first-order valence-electron chi connectivity index (χ1n) is 10.4. The van der Waals surface area contributed by atoms with Gasteiger partial charge in [0.1, 0.15) is 17.2 Å². The second-order valence-corrected chi connectivity index (χ2v) is 7.75. The molecule has 1 aromatic carbocycles. The fourth-order valence-electron chi connectivity index (χ4n) is 3.69. The van der Waals surface area contributed by atoms with Gasteiger partial charge in [-0.3, -0.25) is 9.48 Å². The molecule has 0 bridgehead atoms. The van der Waals surface area contributed by atoms with E-state index in [-0.39, 0.29) is 5.91 Å². The number of benzene rings is 1. The van der Waals surface area contributed by atoms with Gasteiger partial charge in [0.15, 0.2) is 11.9 Å². The van der Waals surface area contributed by atoms with E-state index < -0.39 is 6.04 Å². The van der Waals surface area contributed by atoms with Crippen LogP contribution in [0.1, 0.15) is 16.8 Å². The van der Waals surface area contributed by atoms with E-state index in [2.05, 4.69) is 32.3 Å². The summed E-state index contributed by atoms with van der Waals surface area (Å²) in [6, 6.07) is 7.23. The van der Waals surface area contributed by atoms with Crippen molar-refractivity contribution in [3.63, 3.8) is 0 Å². The first-order chi connectivity index (χ1) is 15.9. The summed E-state index contributed by atoms with van der Waals surface area (Å²) in [6.45, 7) is 6.83. The number of nitrogens with one attached hydrogen (secondary N) is 2. The quantitative estimate of drug-likeness (QED) is 0.506. The molecule has 0 saturated carbocycles. The molecule has 0 radical (unpaired) electrons. The third-order valence-corrected chi connectivity index (χ3v) is 5.50. The highest BCUT2D eigenvalue weighted by Gasteiger charge is 2.36. The Balaban J connectivity index is 1.45. The van der Waals surface area contributed by atoms with Crippen LogP contribution in [0.15, 0.2) is 49.0 Å². The summed E-state index contributed by atoms with van der Waals surface area (Å²) in [4.78, 5) is 23.4. The van der Waals surface area contributed by atoms with Crippen molar-refractivity contribution in [3.8, 4) is 5.75 Å². The number of nitrogens with zero attached hydrogens (tertiary/aromatic N) is 5. The molecule has 0 saturated heterocycles. The van der Waals surface area contributed by atoms with Crippen LogP contribution in [0.2, 0.25) is 0 Å². The Morgan fingerprint density at radius 1 is 1.21 bits per heavy atom. The second-order valence-electron chi connectivity index (χ2n) is 7.75. The van der Waals surface area contributed by atoms with Gasteiger partial charge in [0.2, 0.25) is 5.95 Å². The minimum atomic E-state index is -0.666. The Morgan fingerprint density at radius 3 is 2.67 bits per heavy atom. The van der Waals surface area contributed by atoms with Gasteiger partial charge in [0.25, 0.3) is 5.91 Å². The molecule has 1 atom stereocenters. The lowest BCUT2D eigenvalue weighted by molar-refractivity contribution is -0.117. The standard InChI is InChI=1S/C23H27N7O3/c1-14-19-21(29(3)20(15(2)32-4)22(31)27-19)28-23(26-14)24-10-17-11-25-30(13-17)12-16-6-8-18(33-5)9-7-16/h6-9,11,13,20H,2,10,12H2,1,3-5H3,(H,27,31)(H,24,26,28)/t20-/m0/s1. The Morgan fingerprint density at radius 2 is 1.97 bits per heavy atom. The van der Waals surface area contributed by atoms with Gasteiger partial charge in [-0.05, 0) is 24.6 Å². The highest BCUT2D eigenvalue weighted by Crippen LogP contribution is 2.34. The van der Waals surface area contributed by atoms with Gasteiger partial charge in [-0.1, -0.05) is 18.7 Å². The maximum atomic E-state index is 12.5. The largest absolute Gasteiger partial charge is 0.499 e. The van der Waals surface area contributed by atoms with E-state index in [1.165, 1.54) is 7.11 Å². The van der Waals surface area contributed by atoms with E-state index >= 15 is 0 Å². The lowest BCUT2D eigenvalue weighted by Gasteiger charge is -2.34. The third-order valence-electron chi connectivity index (χ3n) is 5.50. The van der Waals surface area contributed by atoms with Crippen LogP contribution in [0, 0.1) is 6.92 Å². The summed E-state index contributed by atoms with van der Waals surface area (Å²) < 4.78 is 12.3. The van der Waals surface area contributed by atoms with Gasteiger partial charge >= 0.3 is 0 Å². The maximum Gasteiger partial charge on any atom is 0.255 e. The smallest absolute Gasteiger partial charge is 0.255 e. The minimum Gasteiger partial charge on any atom is -0.499 e. The van der Waals surface area contributed by atoms with E-state index in [1.54, 1.807) is 19.1 Å². The fraction of sp³-hybridized carbons (Fsp3) is 0.304. The van der Waals surface area contributed by atoms with Gasteiger partial charge in [0, 0.05) is 25.4 Å². The highest BCUT2D eigenvalue weighted by atomic mass is 16.5. The summed E-state index contributed by atoms with van der Waals surface area (Å²) in [6.07, 6.45) is 3.79. The Labute approximate surface area is 192 Å². The average Bonchev–Trinajstić information content (AvgIpc) is 3.26. The van der Waals surface area contributed by atoms with Gasteiger partial charge in [0.05, 0.1) is 32.7 Å². The molecule has 0 fully saturated rings. The molecule has 4 rings (SSSR count). The van der Waals surface area contributed by atoms with Crippen molar-refractivity contribution in [1.29, 1.82) is 0 Å². The van der Waals surface area contributed by atoms with Crippen LogP contribution in [0.4, 0.5) is 17.5 Å². The molecule has 1 aliphatic heterocycles.